The van der Waals surface area contributed by atoms with Crippen molar-refractivity contribution in [3.8, 4) is 0 Å². The van der Waals surface area contributed by atoms with Crippen molar-refractivity contribution in [2.24, 2.45) is 0 Å². The number of hydrogen-bond acceptors (Lipinski definition) is 7. The predicted octanol–water partition coefficient (Wildman–Crippen LogP) is 1.03. The quantitative estimate of drug-likeness (QED) is 0.742. The van der Waals surface area contributed by atoms with E-state index in [1.54, 1.807) is 19.1 Å². The van der Waals surface area contributed by atoms with Crippen LogP contribution in [0.2, 0.25) is 0 Å². The van der Waals surface area contributed by atoms with E-state index in [2.05, 4.69) is 20.3 Å². The van der Waals surface area contributed by atoms with Gasteiger partial charge in [0.2, 0.25) is 0 Å². The third-order valence-corrected chi connectivity index (χ3v) is 4.54. The monoisotopic (exact) mass is 309 g/mol. The van der Waals surface area contributed by atoms with Gasteiger partial charge in [-0.05, 0) is 30.8 Å². The van der Waals surface area contributed by atoms with E-state index in [0.717, 1.165) is 15.9 Å². The lowest BCUT2D eigenvalue weighted by Gasteiger charge is -1.96. The number of hydrogen-bond donors (Lipinski definition) is 2. The molecule has 0 aliphatic heterocycles. The van der Waals surface area contributed by atoms with Crippen LogP contribution in [0, 0.1) is 6.92 Å². The largest absolute Gasteiger partial charge is 0.477 e. The number of rotatable bonds is 3. The van der Waals surface area contributed by atoms with Gasteiger partial charge >= 0.3 is 11.7 Å². The van der Waals surface area contributed by atoms with Crippen LogP contribution in [0.1, 0.15) is 15.4 Å². The van der Waals surface area contributed by atoms with Crippen molar-refractivity contribution in [1.29, 1.82) is 0 Å². The normalized spacial score (nSPS) is 11.1. The number of nitrogens with zero attached hydrogens (tertiary/aromatic N) is 4. The number of aromatic amines is 1. The highest BCUT2D eigenvalue weighted by Gasteiger charge is 2.15. The molecule has 8 nitrogen and oxygen atoms in total. The highest BCUT2D eigenvalue weighted by atomic mass is 32.2. The topological polar surface area (TPSA) is 113 Å². The summed E-state index contributed by atoms with van der Waals surface area (Å²) in [5.74, 6) is -0.999. The smallest absolute Gasteiger partial charge is 0.364 e. The molecule has 10 heteroatoms. The zero-order valence-electron chi connectivity index (χ0n) is 10.0. The van der Waals surface area contributed by atoms with E-state index >= 15 is 0 Å². The van der Waals surface area contributed by atoms with Gasteiger partial charge in [-0.1, -0.05) is 11.3 Å². The van der Waals surface area contributed by atoms with E-state index in [0.29, 0.717) is 20.7 Å². The van der Waals surface area contributed by atoms with E-state index in [4.69, 9.17) is 5.11 Å². The van der Waals surface area contributed by atoms with Crippen LogP contribution in [0.25, 0.3) is 5.65 Å². The lowest BCUT2D eigenvalue weighted by molar-refractivity contribution is 0.0701. The predicted molar refractivity (Wildman–Crippen MR) is 71.5 cm³/mol. The van der Waals surface area contributed by atoms with Gasteiger partial charge in [0.05, 0.1) is 5.69 Å². The third-order valence-electron chi connectivity index (χ3n) is 2.41. The molecule has 3 aromatic rings. The van der Waals surface area contributed by atoms with E-state index in [9.17, 15) is 9.59 Å². The Morgan fingerprint density at radius 3 is 3.00 bits per heavy atom. The molecule has 0 saturated heterocycles. The van der Waals surface area contributed by atoms with Crippen molar-refractivity contribution in [2.75, 3.05) is 0 Å². The summed E-state index contributed by atoms with van der Waals surface area (Å²) < 4.78 is 1.70. The minimum Gasteiger partial charge on any atom is -0.477 e. The maximum Gasteiger partial charge on any atom is 0.364 e. The molecule has 0 saturated carbocycles. The zero-order valence-corrected chi connectivity index (χ0v) is 11.7. The fraction of sp³-hybridized carbons (Fsp3) is 0.100. The minimum absolute atomic E-state index is 0.203. The molecule has 0 radical (unpaired) electrons. The second kappa shape index (κ2) is 4.72. The summed E-state index contributed by atoms with van der Waals surface area (Å²) in [7, 11) is 0. The average molecular weight is 309 g/mol. The van der Waals surface area contributed by atoms with Crippen LogP contribution in [0.5, 0.6) is 0 Å². The molecule has 0 fully saturated rings. The Morgan fingerprint density at radius 1 is 1.50 bits per heavy atom. The van der Waals surface area contributed by atoms with Gasteiger partial charge in [-0.2, -0.15) is 14.7 Å². The molecule has 0 atom stereocenters. The fourth-order valence-corrected chi connectivity index (χ4v) is 3.47. The van der Waals surface area contributed by atoms with Crippen molar-refractivity contribution >= 4 is 34.7 Å². The summed E-state index contributed by atoms with van der Waals surface area (Å²) in [6.07, 6.45) is 0. The second-order valence-electron chi connectivity index (χ2n) is 3.77. The van der Waals surface area contributed by atoms with Gasteiger partial charge in [-0.3, -0.25) is 0 Å². The summed E-state index contributed by atoms with van der Waals surface area (Å²) >= 11 is 2.27. The Kier molecular flexibility index (Phi) is 3.03. The number of thiazole rings is 1. The van der Waals surface area contributed by atoms with Crippen molar-refractivity contribution in [3.05, 3.63) is 33.2 Å². The van der Waals surface area contributed by atoms with Crippen molar-refractivity contribution in [1.82, 2.24) is 24.8 Å². The number of H-pyrrole nitrogens is 1. The molecular formula is C10H7N5O3S2. The number of aromatic nitrogens is 5. The summed E-state index contributed by atoms with van der Waals surface area (Å²) in [5, 5.41) is 19.7. The molecule has 0 aliphatic rings. The number of carboxylic acid groups (broad SMARTS) is 1. The first-order chi connectivity index (χ1) is 9.54. The van der Waals surface area contributed by atoms with Crippen LogP contribution in [0.15, 0.2) is 26.3 Å². The summed E-state index contributed by atoms with van der Waals surface area (Å²) in [6.45, 7) is 1.64. The molecule has 102 valence electrons. The number of nitrogens with one attached hydrogen (secondary N) is 1. The average Bonchev–Trinajstić information content (AvgIpc) is 2.94. The number of carbonyl (C=O) groups is 1. The molecule has 0 bridgehead atoms. The highest BCUT2D eigenvalue weighted by Crippen LogP contribution is 2.31. The third kappa shape index (κ3) is 2.18. The molecule has 3 heterocycles. The molecular weight excluding hydrogens is 302 g/mol. The Bertz CT molecular complexity index is 865. The van der Waals surface area contributed by atoms with Gasteiger partial charge in [-0.25, -0.2) is 19.7 Å². The SMILES string of the molecule is Cc1nc(Sc2ccc3n[nH]c(=O)n3n2)sc1C(=O)O. The van der Waals surface area contributed by atoms with E-state index in [1.807, 2.05) is 0 Å². The van der Waals surface area contributed by atoms with Crippen LogP contribution in [0.4, 0.5) is 0 Å². The second-order valence-corrected chi connectivity index (χ2v) is 6.04. The molecule has 20 heavy (non-hydrogen) atoms. The van der Waals surface area contributed by atoms with Gasteiger partial charge in [-0.15, -0.1) is 0 Å². The van der Waals surface area contributed by atoms with Gasteiger partial charge in [0.15, 0.2) is 9.99 Å². The van der Waals surface area contributed by atoms with Crippen LogP contribution in [-0.4, -0.2) is 35.9 Å². The van der Waals surface area contributed by atoms with Crippen LogP contribution >= 0.6 is 23.1 Å². The van der Waals surface area contributed by atoms with Crippen molar-refractivity contribution < 1.29 is 9.90 Å². The van der Waals surface area contributed by atoms with Gasteiger partial charge in [0.25, 0.3) is 0 Å². The standard InChI is InChI=1S/C10H7N5O3S2/c1-4-7(8(16)17)20-10(11-4)19-6-3-2-5-12-13-9(18)15(5)14-6/h2-3H,1H3,(H,13,18)(H,16,17). The van der Waals surface area contributed by atoms with Crippen molar-refractivity contribution in [3.63, 3.8) is 0 Å². The number of aryl methyl sites for hydroxylation is 1. The lowest BCUT2D eigenvalue weighted by Crippen LogP contribution is -2.12. The lowest BCUT2D eigenvalue weighted by atomic mass is 10.4. The molecule has 0 aliphatic carbocycles. The summed E-state index contributed by atoms with van der Waals surface area (Å²) in [5.41, 5.74) is 0.455. The molecule has 2 N–H and O–H groups in total. The van der Waals surface area contributed by atoms with E-state index < -0.39 is 11.7 Å². The van der Waals surface area contributed by atoms with Gasteiger partial charge < -0.3 is 5.11 Å². The fourth-order valence-electron chi connectivity index (χ4n) is 1.54. The molecule has 0 amide bonds. The van der Waals surface area contributed by atoms with Crippen LogP contribution in [-0.2, 0) is 0 Å². The first-order valence-electron chi connectivity index (χ1n) is 5.37. The molecule has 0 unspecified atom stereocenters. The molecule has 3 aromatic heterocycles. The van der Waals surface area contributed by atoms with Gasteiger partial charge in [0, 0.05) is 0 Å². The summed E-state index contributed by atoms with van der Waals surface area (Å²) in [6, 6.07) is 3.34. The van der Waals surface area contributed by atoms with E-state index in [1.165, 1.54) is 11.8 Å². The number of aromatic carboxylic acids is 1. The van der Waals surface area contributed by atoms with Crippen LogP contribution < -0.4 is 5.69 Å². The Labute approximate surface area is 119 Å². The van der Waals surface area contributed by atoms with Crippen molar-refractivity contribution in [2.45, 2.75) is 16.3 Å². The molecule has 3 rings (SSSR count). The first-order valence-corrected chi connectivity index (χ1v) is 7.01. The maximum absolute atomic E-state index is 11.4. The van der Waals surface area contributed by atoms with Crippen LogP contribution in [0.3, 0.4) is 0 Å². The maximum atomic E-state index is 11.4. The number of carboxylic acids is 1. The zero-order chi connectivity index (χ0) is 14.3. The Balaban J connectivity index is 1.96. The molecule has 0 spiro atoms. The highest BCUT2D eigenvalue weighted by molar-refractivity contribution is 8.01. The minimum atomic E-state index is -0.999. The van der Waals surface area contributed by atoms with Gasteiger partial charge in [0.1, 0.15) is 9.90 Å². The number of fused-ring (bicyclic) bond motifs is 1. The van der Waals surface area contributed by atoms with E-state index in [-0.39, 0.29) is 4.88 Å². The Morgan fingerprint density at radius 2 is 2.30 bits per heavy atom. The Hall–Kier alpha value is -2.20. The summed E-state index contributed by atoms with van der Waals surface area (Å²) in [4.78, 5) is 26.7. The first kappa shape index (κ1) is 12.8. The molecule has 0 aromatic carbocycles.